The van der Waals surface area contributed by atoms with Crippen LogP contribution in [0.1, 0.15) is 54.6 Å². The second-order valence-electron chi connectivity index (χ2n) is 5.27. The van der Waals surface area contributed by atoms with Crippen molar-refractivity contribution in [2.45, 2.75) is 45.6 Å². The van der Waals surface area contributed by atoms with Crippen LogP contribution in [0.25, 0.3) is 0 Å². The van der Waals surface area contributed by atoms with Gasteiger partial charge in [-0.25, -0.2) is 4.98 Å². The summed E-state index contributed by atoms with van der Waals surface area (Å²) in [5, 5.41) is 2.96. The number of thiazole rings is 1. The maximum Gasteiger partial charge on any atom is 0.147 e. The number of rotatable bonds is 5. The summed E-state index contributed by atoms with van der Waals surface area (Å²) in [6.07, 6.45) is -0.0590. The van der Waals surface area contributed by atoms with Gasteiger partial charge in [0.2, 0.25) is 0 Å². The topological polar surface area (TPSA) is 22.1 Å². The molecule has 0 amide bonds. The van der Waals surface area contributed by atoms with Crippen LogP contribution < -0.4 is 4.74 Å². The molecule has 0 spiro atoms. The maximum atomic E-state index is 6.14. The maximum absolute atomic E-state index is 6.14. The predicted octanol–water partition coefficient (Wildman–Crippen LogP) is 5.45. The zero-order valence-electron chi connectivity index (χ0n) is 12.3. The number of aromatic nitrogens is 1. The van der Waals surface area contributed by atoms with Crippen LogP contribution in [0.15, 0.2) is 23.6 Å². The summed E-state index contributed by atoms with van der Waals surface area (Å²) < 4.78 is 6.14. The minimum atomic E-state index is -0.0590. The van der Waals surface area contributed by atoms with E-state index in [1.807, 2.05) is 12.3 Å². The predicted molar refractivity (Wildman–Crippen MR) is 86.0 cm³/mol. The van der Waals surface area contributed by atoms with Gasteiger partial charge < -0.3 is 4.74 Å². The van der Waals surface area contributed by atoms with Crippen molar-refractivity contribution in [2.75, 3.05) is 0 Å². The molecule has 2 rings (SSSR count). The summed E-state index contributed by atoms with van der Waals surface area (Å²) in [6, 6.07) is 6.37. The van der Waals surface area contributed by atoms with Crippen LogP contribution in [-0.4, -0.2) is 4.98 Å². The molecule has 1 aromatic carbocycles. The van der Waals surface area contributed by atoms with Crippen molar-refractivity contribution in [2.24, 2.45) is 0 Å². The molecule has 0 radical (unpaired) electrons. The molecule has 2 nitrogen and oxygen atoms in total. The van der Waals surface area contributed by atoms with E-state index >= 15 is 0 Å². The van der Waals surface area contributed by atoms with Crippen LogP contribution >= 0.6 is 22.9 Å². The van der Waals surface area contributed by atoms with Crippen LogP contribution in [0.5, 0.6) is 5.75 Å². The lowest BCUT2D eigenvalue weighted by atomic mass is 10.0. The summed E-state index contributed by atoms with van der Waals surface area (Å²) >= 11 is 7.40. The summed E-state index contributed by atoms with van der Waals surface area (Å²) in [5.74, 6) is 1.84. The summed E-state index contributed by atoms with van der Waals surface area (Å²) in [6.45, 7) is 8.47. The van der Waals surface area contributed by atoms with Crippen molar-refractivity contribution < 1.29 is 4.74 Å². The molecule has 1 aromatic heterocycles. The van der Waals surface area contributed by atoms with Crippen molar-refractivity contribution in [1.82, 2.24) is 4.98 Å². The molecular weight excluding hydrogens is 290 g/mol. The molecule has 1 heterocycles. The van der Waals surface area contributed by atoms with E-state index in [-0.39, 0.29) is 6.10 Å². The van der Waals surface area contributed by atoms with Gasteiger partial charge in [0.15, 0.2) is 0 Å². The molecule has 0 aliphatic carbocycles. The fourth-order valence-electron chi connectivity index (χ4n) is 2.03. The molecule has 0 aliphatic heterocycles. The monoisotopic (exact) mass is 309 g/mol. The second-order valence-corrected chi connectivity index (χ2v) is 6.42. The van der Waals surface area contributed by atoms with E-state index in [1.54, 1.807) is 11.3 Å². The Morgan fingerprint density at radius 3 is 2.65 bits per heavy atom. The average Bonchev–Trinajstić information content (AvgIpc) is 2.87. The standard InChI is InChI=1S/C16H20ClNOS/c1-10(2)14-6-5-11(3)7-15(14)19-12(4)16-18-13(8-17)9-20-16/h5-7,9-10,12H,8H2,1-4H3. The third kappa shape index (κ3) is 3.53. The Morgan fingerprint density at radius 2 is 2.05 bits per heavy atom. The summed E-state index contributed by atoms with van der Waals surface area (Å²) in [7, 11) is 0. The lowest BCUT2D eigenvalue weighted by molar-refractivity contribution is 0.223. The molecule has 108 valence electrons. The van der Waals surface area contributed by atoms with Crippen LogP contribution in [0, 0.1) is 6.92 Å². The molecule has 0 fully saturated rings. The third-order valence-electron chi connectivity index (χ3n) is 3.15. The molecule has 1 unspecified atom stereocenters. The normalized spacial score (nSPS) is 12.7. The Hall–Kier alpha value is -1.06. The highest BCUT2D eigenvalue weighted by atomic mass is 35.5. The Bertz CT molecular complexity index is 580. The molecular formula is C16H20ClNOS. The smallest absolute Gasteiger partial charge is 0.147 e. The van der Waals surface area contributed by atoms with Gasteiger partial charge in [-0.3, -0.25) is 0 Å². The highest BCUT2D eigenvalue weighted by Crippen LogP contribution is 2.32. The van der Waals surface area contributed by atoms with Gasteiger partial charge in [0.25, 0.3) is 0 Å². The highest BCUT2D eigenvalue weighted by Gasteiger charge is 2.15. The van der Waals surface area contributed by atoms with E-state index in [9.17, 15) is 0 Å². The first-order chi connectivity index (χ1) is 9.51. The lowest BCUT2D eigenvalue weighted by Gasteiger charge is -2.18. The van der Waals surface area contributed by atoms with E-state index in [0.717, 1.165) is 16.5 Å². The van der Waals surface area contributed by atoms with E-state index in [2.05, 4.69) is 44.0 Å². The molecule has 1 atom stereocenters. The highest BCUT2D eigenvalue weighted by molar-refractivity contribution is 7.09. The van der Waals surface area contributed by atoms with Gasteiger partial charge in [-0.15, -0.1) is 22.9 Å². The van der Waals surface area contributed by atoms with E-state index in [1.165, 1.54) is 11.1 Å². The van der Waals surface area contributed by atoms with Gasteiger partial charge in [-0.05, 0) is 37.0 Å². The van der Waals surface area contributed by atoms with Crippen LogP contribution in [0.4, 0.5) is 0 Å². The Morgan fingerprint density at radius 1 is 1.30 bits per heavy atom. The Kier molecular flexibility index (Phi) is 5.06. The first kappa shape index (κ1) is 15.3. The number of aryl methyl sites for hydroxylation is 1. The first-order valence-corrected chi connectivity index (χ1v) is 8.20. The van der Waals surface area contributed by atoms with E-state index in [4.69, 9.17) is 16.3 Å². The van der Waals surface area contributed by atoms with Gasteiger partial charge in [0.1, 0.15) is 16.9 Å². The zero-order chi connectivity index (χ0) is 14.7. The van der Waals surface area contributed by atoms with Crippen molar-refractivity contribution in [1.29, 1.82) is 0 Å². The van der Waals surface area contributed by atoms with Gasteiger partial charge in [-0.2, -0.15) is 0 Å². The minimum absolute atomic E-state index is 0.0590. The zero-order valence-corrected chi connectivity index (χ0v) is 13.9. The number of benzene rings is 1. The Labute approximate surface area is 129 Å². The van der Waals surface area contributed by atoms with Gasteiger partial charge in [-0.1, -0.05) is 26.0 Å². The quantitative estimate of drug-likeness (QED) is 0.685. The summed E-state index contributed by atoms with van der Waals surface area (Å²) in [5.41, 5.74) is 3.35. The fraction of sp³-hybridized carbons (Fsp3) is 0.438. The molecule has 0 aliphatic rings. The van der Waals surface area contributed by atoms with Crippen LogP contribution in [0.2, 0.25) is 0 Å². The third-order valence-corrected chi connectivity index (χ3v) is 4.48. The van der Waals surface area contributed by atoms with E-state index < -0.39 is 0 Å². The number of hydrogen-bond acceptors (Lipinski definition) is 3. The average molecular weight is 310 g/mol. The van der Waals surface area contributed by atoms with Crippen molar-refractivity contribution in [3.8, 4) is 5.75 Å². The first-order valence-electron chi connectivity index (χ1n) is 6.78. The minimum Gasteiger partial charge on any atom is -0.483 e. The fourth-order valence-corrected chi connectivity index (χ4v) is 3.06. The molecule has 0 saturated heterocycles. The van der Waals surface area contributed by atoms with Gasteiger partial charge >= 0.3 is 0 Å². The van der Waals surface area contributed by atoms with E-state index in [0.29, 0.717) is 11.8 Å². The molecule has 0 saturated carbocycles. The van der Waals surface area contributed by atoms with Crippen LogP contribution in [-0.2, 0) is 5.88 Å². The Balaban J connectivity index is 2.22. The van der Waals surface area contributed by atoms with Crippen molar-refractivity contribution >= 4 is 22.9 Å². The van der Waals surface area contributed by atoms with Crippen molar-refractivity contribution in [3.63, 3.8) is 0 Å². The number of halogens is 1. The summed E-state index contributed by atoms with van der Waals surface area (Å²) in [4.78, 5) is 4.48. The molecule has 4 heteroatoms. The lowest BCUT2D eigenvalue weighted by Crippen LogP contribution is -2.05. The number of hydrogen-bond donors (Lipinski definition) is 0. The van der Waals surface area contributed by atoms with Gasteiger partial charge in [0, 0.05) is 5.38 Å². The van der Waals surface area contributed by atoms with Crippen LogP contribution in [0.3, 0.4) is 0 Å². The SMILES string of the molecule is Cc1ccc(C(C)C)c(OC(C)c2nc(CCl)cs2)c1. The van der Waals surface area contributed by atoms with Gasteiger partial charge in [0.05, 0.1) is 11.6 Å². The number of ether oxygens (including phenoxy) is 1. The molecule has 20 heavy (non-hydrogen) atoms. The van der Waals surface area contributed by atoms with Crippen molar-refractivity contribution in [3.05, 3.63) is 45.4 Å². The molecule has 0 N–H and O–H groups in total. The molecule has 2 aromatic rings. The molecule has 0 bridgehead atoms. The number of nitrogens with zero attached hydrogens (tertiary/aromatic N) is 1. The second kappa shape index (κ2) is 6.59. The number of alkyl halides is 1. The largest absolute Gasteiger partial charge is 0.483 e.